The van der Waals surface area contributed by atoms with Crippen molar-refractivity contribution in [2.75, 3.05) is 6.61 Å². The van der Waals surface area contributed by atoms with Crippen LogP contribution in [0.1, 0.15) is 24.0 Å². The van der Waals surface area contributed by atoms with Crippen LogP contribution in [0.15, 0.2) is 18.2 Å². The van der Waals surface area contributed by atoms with E-state index in [1.165, 1.54) is 30.4 Å². The molecule has 3 heteroatoms. The predicted octanol–water partition coefficient (Wildman–Crippen LogP) is 2.23. The zero-order valence-corrected chi connectivity index (χ0v) is 9.48. The highest BCUT2D eigenvalue weighted by Crippen LogP contribution is 2.25. The molecule has 0 radical (unpaired) electrons. The maximum atomic E-state index is 5.57. The van der Waals surface area contributed by atoms with Crippen LogP contribution < -0.4 is 10.5 Å². The number of rotatable bonds is 4. The standard InChI is InChI=1S/C12H15NOS/c13-12(15)6-7-14-11-5-4-9-2-1-3-10(9)8-11/h4-5,8H,1-3,6-7H2,(H2,13,15). The Kier molecular flexibility index (Phi) is 3.21. The molecule has 0 atom stereocenters. The third kappa shape index (κ3) is 2.69. The molecule has 0 amide bonds. The molecule has 0 fully saturated rings. The molecular formula is C12H15NOS. The maximum absolute atomic E-state index is 5.57. The number of ether oxygens (including phenoxy) is 1. The van der Waals surface area contributed by atoms with E-state index in [-0.39, 0.29) is 0 Å². The number of nitrogens with two attached hydrogens (primary N) is 1. The van der Waals surface area contributed by atoms with Crippen molar-refractivity contribution in [3.63, 3.8) is 0 Å². The largest absolute Gasteiger partial charge is 0.493 e. The van der Waals surface area contributed by atoms with Crippen molar-refractivity contribution in [2.24, 2.45) is 5.73 Å². The van der Waals surface area contributed by atoms with Gasteiger partial charge in [-0.25, -0.2) is 0 Å². The van der Waals surface area contributed by atoms with Gasteiger partial charge in [0.25, 0.3) is 0 Å². The smallest absolute Gasteiger partial charge is 0.119 e. The Bertz CT molecular complexity index is 376. The molecule has 0 heterocycles. The summed E-state index contributed by atoms with van der Waals surface area (Å²) in [6.45, 7) is 0.578. The van der Waals surface area contributed by atoms with Crippen LogP contribution in [0, 0.1) is 0 Å². The van der Waals surface area contributed by atoms with E-state index in [0.29, 0.717) is 18.0 Å². The van der Waals surface area contributed by atoms with Crippen molar-refractivity contribution in [3.8, 4) is 5.75 Å². The van der Waals surface area contributed by atoms with Crippen LogP contribution in [-0.4, -0.2) is 11.6 Å². The third-order valence-electron chi connectivity index (χ3n) is 2.69. The van der Waals surface area contributed by atoms with Crippen LogP contribution in [0.25, 0.3) is 0 Å². The number of hydrogen-bond donors (Lipinski definition) is 1. The first-order chi connectivity index (χ1) is 7.25. The van der Waals surface area contributed by atoms with Gasteiger partial charge in [-0.05, 0) is 42.5 Å². The van der Waals surface area contributed by atoms with Crippen LogP contribution in [0.5, 0.6) is 5.75 Å². The van der Waals surface area contributed by atoms with E-state index in [1.54, 1.807) is 0 Å². The molecule has 0 saturated carbocycles. The Hall–Kier alpha value is -1.09. The average molecular weight is 221 g/mol. The Morgan fingerprint density at radius 3 is 2.93 bits per heavy atom. The van der Waals surface area contributed by atoms with Crippen LogP contribution in [0.4, 0.5) is 0 Å². The van der Waals surface area contributed by atoms with Gasteiger partial charge in [-0.2, -0.15) is 0 Å². The van der Waals surface area contributed by atoms with E-state index in [1.807, 2.05) is 6.07 Å². The normalized spacial score (nSPS) is 13.6. The summed E-state index contributed by atoms with van der Waals surface area (Å²) in [4.78, 5) is 0.510. The lowest BCUT2D eigenvalue weighted by Crippen LogP contribution is -2.12. The van der Waals surface area contributed by atoms with Crippen molar-refractivity contribution >= 4 is 17.2 Å². The van der Waals surface area contributed by atoms with Gasteiger partial charge in [0.2, 0.25) is 0 Å². The van der Waals surface area contributed by atoms with E-state index in [9.17, 15) is 0 Å². The summed E-state index contributed by atoms with van der Waals surface area (Å²) < 4.78 is 5.57. The molecule has 1 aromatic rings. The second-order valence-electron chi connectivity index (χ2n) is 3.85. The molecular weight excluding hydrogens is 206 g/mol. The lowest BCUT2D eigenvalue weighted by molar-refractivity contribution is 0.329. The molecule has 1 aliphatic carbocycles. The molecule has 2 nitrogen and oxygen atoms in total. The van der Waals surface area contributed by atoms with Gasteiger partial charge in [0.15, 0.2) is 0 Å². The molecule has 0 bridgehead atoms. The molecule has 15 heavy (non-hydrogen) atoms. The Balaban J connectivity index is 1.95. The zero-order valence-electron chi connectivity index (χ0n) is 8.66. The molecule has 2 N–H and O–H groups in total. The fourth-order valence-corrected chi connectivity index (χ4v) is 1.99. The van der Waals surface area contributed by atoms with Gasteiger partial charge in [0.1, 0.15) is 5.75 Å². The van der Waals surface area contributed by atoms with E-state index < -0.39 is 0 Å². The Morgan fingerprint density at radius 1 is 1.33 bits per heavy atom. The summed E-state index contributed by atoms with van der Waals surface area (Å²) >= 11 is 4.79. The molecule has 0 spiro atoms. The number of aryl methyl sites for hydroxylation is 2. The number of benzene rings is 1. The van der Waals surface area contributed by atoms with Gasteiger partial charge < -0.3 is 10.5 Å². The highest BCUT2D eigenvalue weighted by atomic mass is 32.1. The first-order valence-corrected chi connectivity index (χ1v) is 5.69. The number of fused-ring (bicyclic) bond motifs is 1. The van der Waals surface area contributed by atoms with E-state index in [4.69, 9.17) is 22.7 Å². The SMILES string of the molecule is NC(=S)CCOc1ccc2c(c1)CCC2. The Morgan fingerprint density at radius 2 is 2.13 bits per heavy atom. The van der Waals surface area contributed by atoms with Gasteiger partial charge >= 0.3 is 0 Å². The minimum Gasteiger partial charge on any atom is -0.493 e. The van der Waals surface area contributed by atoms with Gasteiger partial charge in [-0.1, -0.05) is 18.3 Å². The quantitative estimate of drug-likeness (QED) is 0.792. The Labute approximate surface area is 95.4 Å². The van der Waals surface area contributed by atoms with Crippen molar-refractivity contribution in [1.82, 2.24) is 0 Å². The lowest BCUT2D eigenvalue weighted by Gasteiger charge is -2.07. The predicted molar refractivity (Wildman–Crippen MR) is 65.4 cm³/mol. The van der Waals surface area contributed by atoms with E-state index in [0.717, 1.165) is 5.75 Å². The monoisotopic (exact) mass is 221 g/mol. The summed E-state index contributed by atoms with van der Waals surface area (Å²) in [6, 6.07) is 6.34. The van der Waals surface area contributed by atoms with Crippen molar-refractivity contribution in [3.05, 3.63) is 29.3 Å². The molecule has 2 rings (SSSR count). The highest BCUT2D eigenvalue weighted by Gasteiger charge is 2.10. The summed E-state index contributed by atoms with van der Waals surface area (Å²) in [5.74, 6) is 0.937. The van der Waals surface area contributed by atoms with Crippen molar-refractivity contribution in [1.29, 1.82) is 0 Å². The van der Waals surface area contributed by atoms with E-state index >= 15 is 0 Å². The maximum Gasteiger partial charge on any atom is 0.119 e. The molecule has 80 valence electrons. The summed E-state index contributed by atoms with van der Waals surface area (Å²) in [7, 11) is 0. The van der Waals surface area contributed by atoms with Crippen LogP contribution in [-0.2, 0) is 12.8 Å². The van der Waals surface area contributed by atoms with Crippen LogP contribution >= 0.6 is 12.2 Å². The molecule has 0 aliphatic heterocycles. The summed E-state index contributed by atoms with van der Waals surface area (Å²) in [5.41, 5.74) is 8.30. The first kappa shape index (κ1) is 10.4. The fourth-order valence-electron chi connectivity index (χ4n) is 1.91. The lowest BCUT2D eigenvalue weighted by atomic mass is 10.1. The summed E-state index contributed by atoms with van der Waals surface area (Å²) in [5, 5.41) is 0. The molecule has 0 saturated heterocycles. The second kappa shape index (κ2) is 4.62. The number of thiocarbonyl (C=S) groups is 1. The highest BCUT2D eigenvalue weighted by molar-refractivity contribution is 7.80. The first-order valence-electron chi connectivity index (χ1n) is 5.28. The zero-order chi connectivity index (χ0) is 10.7. The van der Waals surface area contributed by atoms with Crippen LogP contribution in [0.2, 0.25) is 0 Å². The number of hydrogen-bond acceptors (Lipinski definition) is 2. The minimum atomic E-state index is 0.510. The van der Waals surface area contributed by atoms with Gasteiger partial charge in [0.05, 0.1) is 11.6 Å². The topological polar surface area (TPSA) is 35.2 Å². The van der Waals surface area contributed by atoms with Crippen molar-refractivity contribution in [2.45, 2.75) is 25.7 Å². The molecule has 0 unspecified atom stereocenters. The third-order valence-corrected chi connectivity index (χ3v) is 2.89. The fraction of sp³-hybridized carbons (Fsp3) is 0.417. The van der Waals surface area contributed by atoms with Crippen molar-refractivity contribution < 1.29 is 4.74 Å². The van der Waals surface area contributed by atoms with E-state index in [2.05, 4.69) is 12.1 Å². The van der Waals surface area contributed by atoms with Crippen LogP contribution in [0.3, 0.4) is 0 Å². The molecule has 1 aromatic carbocycles. The van der Waals surface area contributed by atoms with Gasteiger partial charge in [-0.3, -0.25) is 0 Å². The molecule has 1 aliphatic rings. The van der Waals surface area contributed by atoms with Gasteiger partial charge in [0, 0.05) is 6.42 Å². The minimum absolute atomic E-state index is 0.510. The molecule has 0 aromatic heterocycles. The second-order valence-corrected chi connectivity index (χ2v) is 4.37. The van der Waals surface area contributed by atoms with Gasteiger partial charge in [-0.15, -0.1) is 0 Å². The average Bonchev–Trinajstić information content (AvgIpc) is 2.64. The summed E-state index contributed by atoms with van der Waals surface area (Å²) in [6.07, 6.45) is 4.31.